The lowest BCUT2D eigenvalue weighted by molar-refractivity contribution is 0.118. The normalized spacial score (nSPS) is 12.6. The molecule has 1 heterocycles. The molecule has 6 nitrogen and oxygen atoms in total. The van der Waals surface area contributed by atoms with Crippen molar-refractivity contribution in [1.29, 1.82) is 0 Å². The van der Waals surface area contributed by atoms with Gasteiger partial charge in [-0.25, -0.2) is 4.79 Å². The maximum Gasteiger partial charge on any atom is 0.318 e. The van der Waals surface area contributed by atoms with Gasteiger partial charge in [0.15, 0.2) is 0 Å². The van der Waals surface area contributed by atoms with Gasteiger partial charge in [0, 0.05) is 25.8 Å². The summed E-state index contributed by atoms with van der Waals surface area (Å²) in [6.45, 7) is 6.27. The summed E-state index contributed by atoms with van der Waals surface area (Å²) in [5.41, 5.74) is 0.934. The molecular formula is C12H22N4O2. The van der Waals surface area contributed by atoms with Crippen molar-refractivity contribution < 1.29 is 9.90 Å². The standard InChI is InChI=1S/C12H22N4O2/c1-9(2)16(8-10(3)17)12(18)13-7-11-5-6-14-15(11)4/h5-6,9-10,17H,7-8H2,1-4H3,(H,13,18). The molecule has 1 rings (SSSR count). The van der Waals surface area contributed by atoms with Gasteiger partial charge in [0.2, 0.25) is 0 Å². The van der Waals surface area contributed by atoms with E-state index in [0.717, 1.165) is 5.69 Å². The largest absolute Gasteiger partial charge is 0.392 e. The first kappa shape index (κ1) is 14.5. The van der Waals surface area contributed by atoms with Gasteiger partial charge in [-0.2, -0.15) is 5.10 Å². The fourth-order valence-corrected chi connectivity index (χ4v) is 1.66. The van der Waals surface area contributed by atoms with Crippen LogP contribution in [-0.4, -0.2) is 44.5 Å². The Balaban J connectivity index is 2.54. The van der Waals surface area contributed by atoms with Crippen LogP contribution >= 0.6 is 0 Å². The Morgan fingerprint density at radius 2 is 2.22 bits per heavy atom. The van der Waals surface area contributed by atoms with Gasteiger partial charge in [-0.05, 0) is 26.8 Å². The quantitative estimate of drug-likeness (QED) is 0.813. The number of urea groups is 1. The highest BCUT2D eigenvalue weighted by atomic mass is 16.3. The van der Waals surface area contributed by atoms with Gasteiger partial charge in [-0.1, -0.05) is 0 Å². The lowest BCUT2D eigenvalue weighted by Gasteiger charge is -2.28. The van der Waals surface area contributed by atoms with Crippen molar-refractivity contribution >= 4 is 6.03 Å². The first-order valence-corrected chi connectivity index (χ1v) is 6.11. The average Bonchev–Trinajstić information content (AvgIpc) is 2.68. The number of aromatic nitrogens is 2. The number of carbonyl (C=O) groups is 1. The van der Waals surface area contributed by atoms with E-state index in [1.165, 1.54) is 0 Å². The molecule has 0 aliphatic heterocycles. The maximum atomic E-state index is 12.0. The minimum atomic E-state index is -0.533. The highest BCUT2D eigenvalue weighted by molar-refractivity contribution is 5.74. The van der Waals surface area contributed by atoms with Crippen molar-refractivity contribution in [3.8, 4) is 0 Å². The van der Waals surface area contributed by atoms with Gasteiger partial charge >= 0.3 is 6.03 Å². The molecule has 0 fully saturated rings. The monoisotopic (exact) mass is 254 g/mol. The van der Waals surface area contributed by atoms with E-state index in [4.69, 9.17) is 0 Å². The summed E-state index contributed by atoms with van der Waals surface area (Å²) in [4.78, 5) is 13.6. The minimum absolute atomic E-state index is 0.0473. The van der Waals surface area contributed by atoms with Crippen molar-refractivity contribution in [2.45, 2.75) is 39.5 Å². The van der Waals surface area contributed by atoms with E-state index in [0.29, 0.717) is 13.1 Å². The molecule has 0 radical (unpaired) electrons. The number of amides is 2. The van der Waals surface area contributed by atoms with Gasteiger partial charge in [-0.15, -0.1) is 0 Å². The predicted molar refractivity (Wildman–Crippen MR) is 69.0 cm³/mol. The molecule has 1 aromatic heterocycles. The lowest BCUT2D eigenvalue weighted by atomic mass is 10.3. The van der Waals surface area contributed by atoms with E-state index in [2.05, 4.69) is 10.4 Å². The molecule has 1 unspecified atom stereocenters. The van der Waals surface area contributed by atoms with Crippen LogP contribution in [0.1, 0.15) is 26.5 Å². The Hall–Kier alpha value is -1.56. The molecule has 2 N–H and O–H groups in total. The molecule has 2 amide bonds. The smallest absolute Gasteiger partial charge is 0.318 e. The maximum absolute atomic E-state index is 12.0. The summed E-state index contributed by atoms with van der Waals surface area (Å²) in [5.74, 6) is 0. The Labute approximate surface area is 108 Å². The number of nitrogens with one attached hydrogen (secondary N) is 1. The average molecular weight is 254 g/mol. The third kappa shape index (κ3) is 4.03. The highest BCUT2D eigenvalue weighted by Crippen LogP contribution is 2.02. The van der Waals surface area contributed by atoms with Crippen LogP contribution in [0.3, 0.4) is 0 Å². The lowest BCUT2D eigenvalue weighted by Crippen LogP contribution is -2.46. The number of aliphatic hydroxyl groups excluding tert-OH is 1. The van der Waals surface area contributed by atoms with Crippen LogP contribution in [0.25, 0.3) is 0 Å². The van der Waals surface area contributed by atoms with Gasteiger partial charge in [0.05, 0.1) is 18.3 Å². The van der Waals surface area contributed by atoms with Crippen LogP contribution in [0.5, 0.6) is 0 Å². The molecule has 0 saturated heterocycles. The van der Waals surface area contributed by atoms with Gasteiger partial charge in [0.25, 0.3) is 0 Å². The summed E-state index contributed by atoms with van der Waals surface area (Å²) in [6.07, 6.45) is 1.16. The fourth-order valence-electron chi connectivity index (χ4n) is 1.66. The van der Waals surface area contributed by atoms with Crippen LogP contribution in [-0.2, 0) is 13.6 Å². The van der Waals surface area contributed by atoms with Crippen molar-refractivity contribution in [2.24, 2.45) is 7.05 Å². The van der Waals surface area contributed by atoms with Gasteiger partial charge < -0.3 is 15.3 Å². The first-order chi connectivity index (χ1) is 8.41. The molecule has 0 aliphatic carbocycles. The summed E-state index contributed by atoms with van der Waals surface area (Å²) in [5, 5.41) is 16.2. The Kier molecular flexibility index (Phi) is 5.15. The summed E-state index contributed by atoms with van der Waals surface area (Å²) >= 11 is 0. The number of aryl methyl sites for hydroxylation is 1. The Morgan fingerprint density at radius 3 is 2.67 bits per heavy atom. The number of hydrogen-bond acceptors (Lipinski definition) is 3. The van der Waals surface area contributed by atoms with Crippen molar-refractivity contribution in [3.63, 3.8) is 0 Å². The summed E-state index contributed by atoms with van der Waals surface area (Å²) in [7, 11) is 1.83. The van der Waals surface area contributed by atoms with Crippen molar-refractivity contribution in [1.82, 2.24) is 20.0 Å². The van der Waals surface area contributed by atoms with E-state index < -0.39 is 6.10 Å². The van der Waals surface area contributed by atoms with Gasteiger partial charge in [-0.3, -0.25) is 4.68 Å². The second kappa shape index (κ2) is 6.39. The van der Waals surface area contributed by atoms with Crippen LogP contribution in [0.15, 0.2) is 12.3 Å². The molecule has 18 heavy (non-hydrogen) atoms. The molecule has 1 aromatic rings. The third-order valence-electron chi connectivity index (χ3n) is 2.69. The van der Waals surface area contributed by atoms with Crippen LogP contribution in [0.4, 0.5) is 4.79 Å². The number of hydrogen-bond donors (Lipinski definition) is 2. The molecule has 0 spiro atoms. The molecule has 0 saturated carbocycles. The van der Waals surface area contributed by atoms with Gasteiger partial charge in [0.1, 0.15) is 0 Å². The van der Waals surface area contributed by atoms with Crippen molar-refractivity contribution in [2.75, 3.05) is 6.54 Å². The zero-order valence-corrected chi connectivity index (χ0v) is 11.4. The van der Waals surface area contributed by atoms with Crippen LogP contribution < -0.4 is 5.32 Å². The summed E-state index contributed by atoms with van der Waals surface area (Å²) < 4.78 is 1.72. The molecule has 102 valence electrons. The number of aliphatic hydroxyl groups is 1. The molecule has 1 atom stereocenters. The molecule has 0 bridgehead atoms. The molecule has 0 aliphatic rings. The second-order valence-electron chi connectivity index (χ2n) is 4.70. The number of nitrogens with zero attached hydrogens (tertiary/aromatic N) is 3. The van der Waals surface area contributed by atoms with E-state index in [1.54, 1.807) is 22.7 Å². The van der Waals surface area contributed by atoms with E-state index in [9.17, 15) is 9.90 Å². The van der Waals surface area contributed by atoms with Crippen molar-refractivity contribution in [3.05, 3.63) is 18.0 Å². The zero-order valence-electron chi connectivity index (χ0n) is 11.4. The second-order valence-corrected chi connectivity index (χ2v) is 4.70. The molecule has 0 aromatic carbocycles. The highest BCUT2D eigenvalue weighted by Gasteiger charge is 2.18. The van der Waals surface area contributed by atoms with E-state index >= 15 is 0 Å². The zero-order chi connectivity index (χ0) is 13.7. The number of carbonyl (C=O) groups excluding carboxylic acids is 1. The Bertz CT molecular complexity index is 387. The van der Waals surface area contributed by atoms with E-state index in [-0.39, 0.29) is 12.1 Å². The SMILES string of the molecule is CC(O)CN(C(=O)NCc1ccnn1C)C(C)C. The van der Waals surface area contributed by atoms with E-state index in [1.807, 2.05) is 27.0 Å². The minimum Gasteiger partial charge on any atom is -0.392 e. The van der Waals surface area contributed by atoms with Crippen LogP contribution in [0.2, 0.25) is 0 Å². The first-order valence-electron chi connectivity index (χ1n) is 6.11. The topological polar surface area (TPSA) is 70.4 Å². The third-order valence-corrected chi connectivity index (χ3v) is 2.69. The molecular weight excluding hydrogens is 232 g/mol. The predicted octanol–water partition coefficient (Wildman–Crippen LogP) is 0.721. The fraction of sp³-hybridized carbons (Fsp3) is 0.667. The van der Waals surface area contributed by atoms with Crippen LogP contribution in [0, 0.1) is 0 Å². The molecule has 6 heteroatoms. The number of rotatable bonds is 5. The summed E-state index contributed by atoms with van der Waals surface area (Å²) in [6, 6.07) is 1.73. The Morgan fingerprint density at radius 1 is 1.56 bits per heavy atom.